The number of hydrogen-bond donors (Lipinski definition) is 2. The molecule has 2 amide bonds. The summed E-state index contributed by atoms with van der Waals surface area (Å²) in [6.45, 7) is 5.82. The Hall–Kier alpha value is -1.43. The van der Waals surface area contributed by atoms with Gasteiger partial charge in [-0.1, -0.05) is 13.8 Å². The van der Waals surface area contributed by atoms with Crippen molar-refractivity contribution in [3.63, 3.8) is 0 Å². The van der Waals surface area contributed by atoms with Crippen LogP contribution in [0.3, 0.4) is 0 Å². The number of nitrogens with zero attached hydrogens (tertiary/aromatic N) is 1. The minimum Gasteiger partial charge on any atom is -0.480 e. The number of carboxylic acid groups (broad SMARTS) is 1. The zero-order valence-corrected chi connectivity index (χ0v) is 9.93. The first kappa shape index (κ1) is 14.6. The molecule has 6 nitrogen and oxygen atoms in total. The standard InChI is InChI=1S/C10H18N2O4/c1-5(2)8(10(15)16)12(7(4)13)9(14)6(3)11/h5-6,8H,11H2,1-4H3,(H,15,16). The molecule has 16 heavy (non-hydrogen) atoms. The Labute approximate surface area is 94.4 Å². The van der Waals surface area contributed by atoms with Crippen molar-refractivity contribution in [2.75, 3.05) is 0 Å². The zero-order chi connectivity index (χ0) is 13.0. The highest BCUT2D eigenvalue weighted by Crippen LogP contribution is 2.13. The number of carbonyl (C=O) groups excluding carboxylic acids is 2. The number of aliphatic carboxylic acids is 1. The molecule has 0 rings (SSSR count). The first-order valence-electron chi connectivity index (χ1n) is 5.02. The van der Waals surface area contributed by atoms with Gasteiger partial charge in [0.05, 0.1) is 6.04 Å². The average molecular weight is 230 g/mol. The third kappa shape index (κ3) is 3.30. The lowest BCUT2D eigenvalue weighted by Crippen LogP contribution is -2.54. The van der Waals surface area contributed by atoms with E-state index in [0.717, 1.165) is 11.8 Å². The van der Waals surface area contributed by atoms with E-state index >= 15 is 0 Å². The summed E-state index contributed by atoms with van der Waals surface area (Å²) in [5.74, 6) is -2.86. The van der Waals surface area contributed by atoms with Gasteiger partial charge in [0.25, 0.3) is 0 Å². The Morgan fingerprint density at radius 1 is 1.19 bits per heavy atom. The van der Waals surface area contributed by atoms with E-state index in [1.165, 1.54) is 6.92 Å². The normalized spacial score (nSPS) is 14.4. The molecule has 92 valence electrons. The van der Waals surface area contributed by atoms with Crippen LogP contribution < -0.4 is 5.73 Å². The SMILES string of the molecule is CC(=O)N(C(=O)C(C)N)C(C(=O)O)C(C)C. The highest BCUT2D eigenvalue weighted by molar-refractivity contribution is 6.00. The molecule has 0 aromatic rings. The minimum absolute atomic E-state index is 0.371. The second-order valence-corrected chi connectivity index (χ2v) is 4.04. The van der Waals surface area contributed by atoms with Crippen molar-refractivity contribution < 1.29 is 19.5 Å². The molecule has 0 saturated heterocycles. The first-order valence-corrected chi connectivity index (χ1v) is 5.02. The predicted octanol–water partition coefficient (Wildman–Crippen LogP) is -0.182. The molecule has 0 fully saturated rings. The first-order chi connectivity index (χ1) is 7.20. The van der Waals surface area contributed by atoms with Crippen molar-refractivity contribution in [3.8, 4) is 0 Å². The summed E-state index contributed by atoms with van der Waals surface area (Å²) in [6, 6.07) is -2.07. The van der Waals surface area contributed by atoms with Crippen LogP contribution in [0.15, 0.2) is 0 Å². The number of amides is 2. The summed E-state index contributed by atoms with van der Waals surface area (Å²) < 4.78 is 0. The van der Waals surface area contributed by atoms with Crippen molar-refractivity contribution in [3.05, 3.63) is 0 Å². The van der Waals surface area contributed by atoms with Crippen LogP contribution in [0, 0.1) is 5.92 Å². The van der Waals surface area contributed by atoms with Crippen LogP contribution in [-0.4, -0.2) is 39.9 Å². The molecule has 0 saturated carbocycles. The van der Waals surface area contributed by atoms with E-state index < -0.39 is 29.9 Å². The number of imide groups is 1. The fraction of sp³-hybridized carbons (Fsp3) is 0.700. The molecule has 2 atom stereocenters. The van der Waals surface area contributed by atoms with E-state index in [9.17, 15) is 14.4 Å². The van der Waals surface area contributed by atoms with Crippen LogP contribution in [-0.2, 0) is 14.4 Å². The van der Waals surface area contributed by atoms with E-state index in [2.05, 4.69) is 0 Å². The fourth-order valence-corrected chi connectivity index (χ4v) is 1.40. The van der Waals surface area contributed by atoms with Gasteiger partial charge in [0.1, 0.15) is 6.04 Å². The Bertz CT molecular complexity index is 299. The molecular formula is C10H18N2O4. The highest BCUT2D eigenvalue weighted by Gasteiger charge is 2.36. The van der Waals surface area contributed by atoms with Crippen LogP contribution in [0.2, 0.25) is 0 Å². The zero-order valence-electron chi connectivity index (χ0n) is 9.93. The van der Waals surface area contributed by atoms with Crippen LogP contribution in [0.4, 0.5) is 0 Å². The molecule has 0 aliphatic carbocycles. The molecule has 0 aliphatic rings. The van der Waals surface area contributed by atoms with Gasteiger partial charge in [0.15, 0.2) is 0 Å². The second kappa shape index (κ2) is 5.60. The van der Waals surface area contributed by atoms with Gasteiger partial charge in [-0.15, -0.1) is 0 Å². The lowest BCUT2D eigenvalue weighted by atomic mass is 10.0. The maximum Gasteiger partial charge on any atom is 0.327 e. The number of rotatable bonds is 4. The average Bonchev–Trinajstić information content (AvgIpc) is 2.10. The molecule has 3 N–H and O–H groups in total. The maximum absolute atomic E-state index is 11.7. The summed E-state index contributed by atoms with van der Waals surface area (Å²) in [5, 5.41) is 9.01. The fourth-order valence-electron chi connectivity index (χ4n) is 1.40. The van der Waals surface area contributed by atoms with Crippen LogP contribution in [0.1, 0.15) is 27.7 Å². The van der Waals surface area contributed by atoms with Gasteiger partial charge in [-0.25, -0.2) is 4.79 Å². The lowest BCUT2D eigenvalue weighted by Gasteiger charge is -2.29. The molecule has 6 heteroatoms. The van der Waals surface area contributed by atoms with Gasteiger partial charge in [0, 0.05) is 6.92 Å². The van der Waals surface area contributed by atoms with Crippen LogP contribution in [0.25, 0.3) is 0 Å². The molecule has 2 unspecified atom stereocenters. The van der Waals surface area contributed by atoms with Crippen LogP contribution in [0.5, 0.6) is 0 Å². The smallest absolute Gasteiger partial charge is 0.327 e. The van der Waals surface area contributed by atoms with Crippen molar-refractivity contribution >= 4 is 17.8 Å². The summed E-state index contributed by atoms with van der Waals surface area (Å²) in [4.78, 5) is 34.7. The summed E-state index contributed by atoms with van der Waals surface area (Å²) in [7, 11) is 0. The second-order valence-electron chi connectivity index (χ2n) is 4.04. The number of carboxylic acids is 1. The third-order valence-corrected chi connectivity index (χ3v) is 2.13. The summed E-state index contributed by atoms with van der Waals surface area (Å²) >= 11 is 0. The van der Waals surface area contributed by atoms with E-state index in [1.54, 1.807) is 13.8 Å². The van der Waals surface area contributed by atoms with E-state index in [1.807, 2.05) is 0 Å². The van der Waals surface area contributed by atoms with Gasteiger partial charge >= 0.3 is 5.97 Å². The quantitative estimate of drug-likeness (QED) is 0.697. The topological polar surface area (TPSA) is 101 Å². The molecule has 0 bridgehead atoms. The molecule has 0 heterocycles. The molecule has 0 aliphatic heterocycles. The minimum atomic E-state index is -1.21. The van der Waals surface area contributed by atoms with E-state index in [-0.39, 0.29) is 5.92 Å². The summed E-state index contributed by atoms with van der Waals surface area (Å²) in [6.07, 6.45) is 0. The monoisotopic (exact) mass is 230 g/mol. The molecule has 0 aromatic carbocycles. The number of carbonyl (C=O) groups is 3. The van der Waals surface area contributed by atoms with Crippen molar-refractivity contribution in [1.82, 2.24) is 4.90 Å². The van der Waals surface area contributed by atoms with E-state index in [0.29, 0.717) is 0 Å². The van der Waals surface area contributed by atoms with Gasteiger partial charge in [-0.2, -0.15) is 0 Å². The third-order valence-electron chi connectivity index (χ3n) is 2.13. The lowest BCUT2D eigenvalue weighted by molar-refractivity contribution is -0.159. The van der Waals surface area contributed by atoms with Crippen molar-refractivity contribution in [2.45, 2.75) is 39.8 Å². The Morgan fingerprint density at radius 2 is 1.62 bits per heavy atom. The molecular weight excluding hydrogens is 212 g/mol. The number of hydrogen-bond acceptors (Lipinski definition) is 4. The van der Waals surface area contributed by atoms with Crippen LogP contribution >= 0.6 is 0 Å². The largest absolute Gasteiger partial charge is 0.480 e. The van der Waals surface area contributed by atoms with Gasteiger partial charge in [0.2, 0.25) is 11.8 Å². The number of nitrogens with two attached hydrogens (primary N) is 1. The highest BCUT2D eigenvalue weighted by atomic mass is 16.4. The van der Waals surface area contributed by atoms with Gasteiger partial charge < -0.3 is 10.8 Å². The summed E-state index contributed by atoms with van der Waals surface area (Å²) in [5.41, 5.74) is 5.38. The van der Waals surface area contributed by atoms with Gasteiger partial charge in [-0.05, 0) is 12.8 Å². The van der Waals surface area contributed by atoms with E-state index in [4.69, 9.17) is 10.8 Å². The van der Waals surface area contributed by atoms with Gasteiger partial charge in [-0.3, -0.25) is 14.5 Å². The van der Waals surface area contributed by atoms with Crippen molar-refractivity contribution in [1.29, 1.82) is 0 Å². The molecule has 0 spiro atoms. The Morgan fingerprint density at radius 3 is 1.81 bits per heavy atom. The van der Waals surface area contributed by atoms with Crippen molar-refractivity contribution in [2.24, 2.45) is 11.7 Å². The Balaban J connectivity index is 5.24. The Kier molecular flexibility index (Phi) is 5.10. The predicted molar refractivity (Wildman–Crippen MR) is 57.4 cm³/mol. The molecule has 0 radical (unpaired) electrons. The maximum atomic E-state index is 11.7. The molecule has 0 aromatic heterocycles.